The molecule has 3 rings (SSSR count). The molecule has 0 saturated heterocycles. The van der Waals surface area contributed by atoms with Crippen molar-refractivity contribution >= 4 is 22.6 Å². The number of allylic oxidation sites excluding steroid dienone is 1. The first kappa shape index (κ1) is 15.9. The van der Waals surface area contributed by atoms with Gasteiger partial charge in [0, 0.05) is 28.2 Å². The molecule has 4 nitrogen and oxygen atoms in total. The summed E-state index contributed by atoms with van der Waals surface area (Å²) in [7, 11) is 1.58. The van der Waals surface area contributed by atoms with Gasteiger partial charge in [-0.05, 0) is 42.3 Å². The molecule has 120 valence electrons. The molecule has 0 aliphatic heterocycles. The topological polar surface area (TPSA) is 69.0 Å². The Morgan fingerprint density at radius 3 is 2.83 bits per heavy atom. The number of fused-ring (bicyclic) bond motifs is 1. The molecule has 1 aromatic heterocycles. The van der Waals surface area contributed by atoms with E-state index in [-0.39, 0.29) is 6.61 Å². The number of nitriles is 1. The van der Waals surface area contributed by atoms with Crippen molar-refractivity contribution in [2.24, 2.45) is 0 Å². The van der Waals surface area contributed by atoms with Crippen molar-refractivity contribution in [1.29, 1.82) is 5.26 Å². The smallest absolute Gasteiger partial charge is 0.127 e. The number of aryl methyl sites for hydroxylation is 1. The van der Waals surface area contributed by atoms with Gasteiger partial charge in [-0.3, -0.25) is 0 Å². The van der Waals surface area contributed by atoms with Crippen molar-refractivity contribution in [1.82, 2.24) is 4.98 Å². The van der Waals surface area contributed by atoms with Crippen molar-refractivity contribution in [2.45, 2.75) is 13.5 Å². The molecular formula is C20H18N2O2. The number of nitrogens with zero attached hydrogens (tertiary/aromatic N) is 1. The fraction of sp³-hybridized carbons (Fsp3) is 0.150. The maximum atomic E-state index is 9.61. The van der Waals surface area contributed by atoms with Crippen LogP contribution in [-0.2, 0) is 6.61 Å². The lowest BCUT2D eigenvalue weighted by molar-refractivity contribution is 0.273. The maximum Gasteiger partial charge on any atom is 0.127 e. The highest BCUT2D eigenvalue weighted by Crippen LogP contribution is 2.30. The van der Waals surface area contributed by atoms with E-state index in [0.29, 0.717) is 16.9 Å². The molecule has 0 aliphatic rings. The summed E-state index contributed by atoms with van der Waals surface area (Å²) in [4.78, 5) is 3.21. The fourth-order valence-electron chi connectivity index (χ4n) is 2.96. The number of rotatable bonds is 4. The first-order valence-electron chi connectivity index (χ1n) is 7.64. The van der Waals surface area contributed by atoms with Crippen LogP contribution in [0.4, 0.5) is 0 Å². The minimum Gasteiger partial charge on any atom is -0.496 e. The van der Waals surface area contributed by atoms with Crippen LogP contribution in [0.5, 0.6) is 5.75 Å². The Kier molecular flexibility index (Phi) is 4.37. The molecule has 0 fully saturated rings. The highest BCUT2D eigenvalue weighted by molar-refractivity contribution is 5.97. The predicted molar refractivity (Wildman–Crippen MR) is 95.4 cm³/mol. The lowest BCUT2D eigenvalue weighted by Crippen LogP contribution is -1.97. The highest BCUT2D eigenvalue weighted by atomic mass is 16.5. The second-order valence-corrected chi connectivity index (χ2v) is 5.60. The van der Waals surface area contributed by atoms with E-state index in [1.165, 1.54) is 0 Å². The number of H-pyrrole nitrogens is 1. The van der Waals surface area contributed by atoms with E-state index >= 15 is 0 Å². The van der Waals surface area contributed by atoms with Crippen LogP contribution >= 0.6 is 0 Å². The van der Waals surface area contributed by atoms with Gasteiger partial charge in [-0.25, -0.2) is 0 Å². The number of aromatic amines is 1. The van der Waals surface area contributed by atoms with E-state index in [2.05, 4.69) is 11.1 Å². The van der Waals surface area contributed by atoms with Crippen LogP contribution in [0.2, 0.25) is 0 Å². The number of aromatic nitrogens is 1. The molecule has 0 spiro atoms. The van der Waals surface area contributed by atoms with Gasteiger partial charge in [-0.1, -0.05) is 18.2 Å². The lowest BCUT2D eigenvalue weighted by Gasteiger charge is -2.12. The van der Waals surface area contributed by atoms with Gasteiger partial charge in [0.05, 0.1) is 25.4 Å². The average molecular weight is 318 g/mol. The third-order valence-electron chi connectivity index (χ3n) is 4.08. The van der Waals surface area contributed by atoms with E-state index in [0.717, 1.165) is 27.6 Å². The zero-order valence-corrected chi connectivity index (χ0v) is 13.6. The third-order valence-corrected chi connectivity index (χ3v) is 4.08. The lowest BCUT2D eigenvalue weighted by atomic mass is 9.98. The highest BCUT2D eigenvalue weighted by Gasteiger charge is 2.11. The Morgan fingerprint density at radius 1 is 1.33 bits per heavy atom. The number of nitrogens with one attached hydrogen (secondary N) is 1. The van der Waals surface area contributed by atoms with E-state index in [1.807, 2.05) is 49.5 Å². The summed E-state index contributed by atoms with van der Waals surface area (Å²) in [6, 6.07) is 13.9. The summed E-state index contributed by atoms with van der Waals surface area (Å²) in [5, 5.41) is 20.2. The SMILES string of the molecule is COc1c(C)cc(/C(C#N)=C/c2c[nH]c3ccccc23)cc1CO. The van der Waals surface area contributed by atoms with E-state index in [1.54, 1.807) is 13.2 Å². The standard InChI is InChI=1S/C20H18N2O2/c1-13-7-14(8-17(12-23)20(13)24-2)15(10-21)9-16-11-22-19-6-4-3-5-18(16)19/h3-9,11,22-23H,12H2,1-2H3/b15-9+. The van der Waals surface area contributed by atoms with Crippen LogP contribution in [0.1, 0.15) is 22.3 Å². The number of hydrogen-bond acceptors (Lipinski definition) is 3. The minimum absolute atomic E-state index is 0.135. The number of methoxy groups -OCH3 is 1. The summed E-state index contributed by atoms with van der Waals surface area (Å²) in [5.74, 6) is 0.658. The fourth-order valence-corrected chi connectivity index (χ4v) is 2.96. The van der Waals surface area contributed by atoms with Gasteiger partial charge in [0.1, 0.15) is 5.75 Å². The minimum atomic E-state index is -0.135. The van der Waals surface area contributed by atoms with Crippen LogP contribution in [0.15, 0.2) is 42.6 Å². The number of ether oxygens (including phenoxy) is 1. The average Bonchev–Trinajstić information content (AvgIpc) is 3.01. The molecule has 0 aliphatic carbocycles. The van der Waals surface area contributed by atoms with Gasteiger partial charge < -0.3 is 14.8 Å². The zero-order chi connectivity index (χ0) is 17.1. The van der Waals surface area contributed by atoms with Crippen LogP contribution < -0.4 is 4.74 Å². The molecule has 24 heavy (non-hydrogen) atoms. The summed E-state index contributed by atoms with van der Waals surface area (Å²) < 4.78 is 5.33. The molecule has 0 amide bonds. The van der Waals surface area contributed by atoms with Gasteiger partial charge in [0.15, 0.2) is 0 Å². The number of para-hydroxylation sites is 1. The molecule has 0 atom stereocenters. The van der Waals surface area contributed by atoms with E-state index in [4.69, 9.17) is 4.74 Å². The normalized spacial score (nSPS) is 11.5. The number of benzene rings is 2. The van der Waals surface area contributed by atoms with Crippen molar-refractivity contribution in [3.63, 3.8) is 0 Å². The van der Waals surface area contributed by atoms with Crippen LogP contribution in [0.3, 0.4) is 0 Å². The predicted octanol–water partition coefficient (Wildman–Crippen LogP) is 4.04. The largest absolute Gasteiger partial charge is 0.496 e. The monoisotopic (exact) mass is 318 g/mol. The number of hydrogen-bond donors (Lipinski definition) is 2. The molecule has 4 heteroatoms. The summed E-state index contributed by atoms with van der Waals surface area (Å²) in [6.45, 7) is 1.77. The Hall–Kier alpha value is -3.03. The Balaban J connectivity index is 2.13. The molecule has 1 heterocycles. The van der Waals surface area contributed by atoms with Gasteiger partial charge in [0.2, 0.25) is 0 Å². The molecule has 0 unspecified atom stereocenters. The van der Waals surface area contributed by atoms with Crippen LogP contribution in [0, 0.1) is 18.3 Å². The first-order chi connectivity index (χ1) is 11.7. The molecule has 0 saturated carbocycles. The first-order valence-corrected chi connectivity index (χ1v) is 7.64. The Labute approximate surface area is 140 Å². The van der Waals surface area contributed by atoms with E-state index in [9.17, 15) is 10.4 Å². The summed E-state index contributed by atoms with van der Waals surface area (Å²) in [5.41, 5.74) is 4.86. The molecule has 3 aromatic rings. The van der Waals surface area contributed by atoms with E-state index < -0.39 is 0 Å². The number of aliphatic hydroxyl groups is 1. The molecule has 2 aromatic carbocycles. The quantitative estimate of drug-likeness (QED) is 0.713. The third kappa shape index (κ3) is 2.78. The van der Waals surface area contributed by atoms with Crippen LogP contribution in [-0.4, -0.2) is 17.2 Å². The van der Waals surface area contributed by atoms with Crippen molar-refractivity contribution in [3.05, 3.63) is 64.8 Å². The molecule has 2 N–H and O–H groups in total. The summed E-state index contributed by atoms with van der Waals surface area (Å²) in [6.07, 6.45) is 3.76. The van der Waals surface area contributed by atoms with Gasteiger partial charge in [-0.15, -0.1) is 0 Å². The second-order valence-electron chi connectivity index (χ2n) is 5.60. The Bertz CT molecular complexity index is 961. The van der Waals surface area contributed by atoms with Gasteiger partial charge in [-0.2, -0.15) is 5.26 Å². The second kappa shape index (κ2) is 6.61. The van der Waals surface area contributed by atoms with Gasteiger partial charge in [0.25, 0.3) is 0 Å². The van der Waals surface area contributed by atoms with Crippen molar-refractivity contribution < 1.29 is 9.84 Å². The van der Waals surface area contributed by atoms with Crippen LogP contribution in [0.25, 0.3) is 22.6 Å². The Morgan fingerprint density at radius 2 is 2.12 bits per heavy atom. The maximum absolute atomic E-state index is 9.61. The molecular weight excluding hydrogens is 300 g/mol. The molecule has 0 radical (unpaired) electrons. The zero-order valence-electron chi connectivity index (χ0n) is 13.6. The number of aliphatic hydroxyl groups excluding tert-OH is 1. The van der Waals surface area contributed by atoms with Gasteiger partial charge >= 0.3 is 0 Å². The van der Waals surface area contributed by atoms with Crippen molar-refractivity contribution in [2.75, 3.05) is 7.11 Å². The molecule has 0 bridgehead atoms. The van der Waals surface area contributed by atoms with Crippen molar-refractivity contribution in [3.8, 4) is 11.8 Å². The summed E-state index contributed by atoms with van der Waals surface area (Å²) >= 11 is 0.